The van der Waals surface area contributed by atoms with Crippen LogP contribution in [-0.2, 0) is 4.74 Å². The van der Waals surface area contributed by atoms with Crippen LogP contribution in [0.2, 0.25) is 0 Å². The summed E-state index contributed by atoms with van der Waals surface area (Å²) < 4.78 is 5.28. The van der Waals surface area contributed by atoms with Gasteiger partial charge < -0.3 is 15.8 Å². The summed E-state index contributed by atoms with van der Waals surface area (Å²) in [6.45, 7) is 9.83. The summed E-state index contributed by atoms with van der Waals surface area (Å²) in [5, 5.41) is 2.85. The quantitative estimate of drug-likeness (QED) is 0.291. The molecule has 2 unspecified atom stereocenters. The number of ether oxygens (including phenoxy) is 1. The first-order valence-electron chi connectivity index (χ1n) is 11.5. The van der Waals surface area contributed by atoms with Gasteiger partial charge in [0.05, 0.1) is 0 Å². The predicted octanol–water partition coefficient (Wildman–Crippen LogP) is 6.71. The van der Waals surface area contributed by atoms with Crippen molar-refractivity contribution in [2.45, 2.75) is 142 Å². The maximum absolute atomic E-state index is 11.8. The molecule has 1 amide bonds. The zero-order valence-electron chi connectivity index (χ0n) is 18.9. The molecule has 0 radical (unpaired) electrons. The topological polar surface area (TPSA) is 64.3 Å². The number of unbranched alkanes of at least 4 members (excludes halogenated alkanes) is 12. The fraction of sp³-hybridized carbons (Fsp3) is 0.957. The van der Waals surface area contributed by atoms with Crippen molar-refractivity contribution in [2.24, 2.45) is 5.73 Å². The fourth-order valence-corrected chi connectivity index (χ4v) is 3.25. The Labute approximate surface area is 169 Å². The van der Waals surface area contributed by atoms with E-state index in [-0.39, 0.29) is 18.2 Å². The van der Waals surface area contributed by atoms with Crippen molar-refractivity contribution in [3.63, 3.8) is 0 Å². The Morgan fingerprint density at radius 3 is 1.67 bits per heavy atom. The number of rotatable bonds is 16. The van der Waals surface area contributed by atoms with E-state index in [0.29, 0.717) is 0 Å². The molecule has 0 spiro atoms. The molecule has 0 saturated heterocycles. The zero-order valence-corrected chi connectivity index (χ0v) is 18.9. The van der Waals surface area contributed by atoms with Gasteiger partial charge in [0, 0.05) is 12.1 Å². The number of carbonyl (C=O) groups excluding carboxylic acids is 1. The Kier molecular flexibility index (Phi) is 15.7. The SMILES string of the molecule is CCCCCCCCCCCCCCCC(N)C(C)NC(=O)OC(C)(C)C. The summed E-state index contributed by atoms with van der Waals surface area (Å²) in [7, 11) is 0. The van der Waals surface area contributed by atoms with Crippen LogP contribution >= 0.6 is 0 Å². The first-order chi connectivity index (χ1) is 12.8. The molecule has 0 aliphatic carbocycles. The third kappa shape index (κ3) is 18.4. The van der Waals surface area contributed by atoms with E-state index in [1.165, 1.54) is 77.0 Å². The molecule has 0 aromatic carbocycles. The van der Waals surface area contributed by atoms with Crippen molar-refractivity contribution in [1.29, 1.82) is 0 Å². The average molecular weight is 385 g/mol. The normalized spacial score (nSPS) is 14.0. The van der Waals surface area contributed by atoms with Gasteiger partial charge in [0.2, 0.25) is 0 Å². The number of nitrogens with one attached hydrogen (secondary N) is 1. The lowest BCUT2D eigenvalue weighted by atomic mass is 10.0. The first-order valence-corrected chi connectivity index (χ1v) is 11.5. The molecule has 0 heterocycles. The molecule has 0 fully saturated rings. The second-order valence-electron chi connectivity index (χ2n) is 9.13. The molecular weight excluding hydrogens is 336 g/mol. The Hall–Kier alpha value is -0.770. The van der Waals surface area contributed by atoms with E-state index in [1.54, 1.807) is 0 Å². The van der Waals surface area contributed by atoms with Crippen molar-refractivity contribution in [2.75, 3.05) is 0 Å². The molecule has 0 rings (SSSR count). The second kappa shape index (κ2) is 16.2. The van der Waals surface area contributed by atoms with E-state index in [1.807, 2.05) is 27.7 Å². The highest BCUT2D eigenvalue weighted by Gasteiger charge is 2.20. The van der Waals surface area contributed by atoms with Gasteiger partial charge in [0.1, 0.15) is 5.60 Å². The van der Waals surface area contributed by atoms with Crippen LogP contribution in [0.15, 0.2) is 0 Å². The molecular formula is C23H48N2O2. The fourth-order valence-electron chi connectivity index (χ4n) is 3.25. The Morgan fingerprint density at radius 2 is 1.26 bits per heavy atom. The van der Waals surface area contributed by atoms with Gasteiger partial charge >= 0.3 is 6.09 Å². The lowest BCUT2D eigenvalue weighted by Crippen LogP contribution is -2.47. The van der Waals surface area contributed by atoms with E-state index in [0.717, 1.165) is 12.8 Å². The average Bonchev–Trinajstić information content (AvgIpc) is 2.57. The van der Waals surface area contributed by atoms with Crippen molar-refractivity contribution >= 4 is 6.09 Å². The minimum atomic E-state index is -0.469. The minimum Gasteiger partial charge on any atom is -0.444 e. The predicted molar refractivity (Wildman–Crippen MR) is 117 cm³/mol. The number of nitrogens with two attached hydrogens (primary N) is 1. The van der Waals surface area contributed by atoms with E-state index >= 15 is 0 Å². The Morgan fingerprint density at radius 1 is 0.852 bits per heavy atom. The van der Waals surface area contributed by atoms with Crippen LogP contribution in [0.25, 0.3) is 0 Å². The molecule has 0 aromatic rings. The van der Waals surface area contributed by atoms with Crippen molar-refractivity contribution in [3.8, 4) is 0 Å². The van der Waals surface area contributed by atoms with Crippen LogP contribution in [-0.4, -0.2) is 23.8 Å². The highest BCUT2D eigenvalue weighted by atomic mass is 16.6. The molecule has 0 saturated carbocycles. The summed E-state index contributed by atoms with van der Waals surface area (Å²) >= 11 is 0. The van der Waals surface area contributed by atoms with Crippen molar-refractivity contribution in [3.05, 3.63) is 0 Å². The van der Waals surface area contributed by atoms with E-state index in [4.69, 9.17) is 10.5 Å². The third-order valence-electron chi connectivity index (χ3n) is 5.03. The highest BCUT2D eigenvalue weighted by molar-refractivity contribution is 5.68. The molecule has 162 valence electrons. The van der Waals surface area contributed by atoms with Gasteiger partial charge in [0.15, 0.2) is 0 Å². The largest absolute Gasteiger partial charge is 0.444 e. The molecule has 27 heavy (non-hydrogen) atoms. The molecule has 0 aliphatic rings. The molecule has 0 bridgehead atoms. The summed E-state index contributed by atoms with van der Waals surface area (Å²) in [6, 6.07) is -0.0672. The van der Waals surface area contributed by atoms with Gasteiger partial charge in [0.25, 0.3) is 0 Å². The summed E-state index contributed by atoms with van der Waals surface area (Å²) in [5.41, 5.74) is 5.73. The van der Waals surface area contributed by atoms with Gasteiger partial charge in [-0.15, -0.1) is 0 Å². The van der Waals surface area contributed by atoms with Crippen LogP contribution in [0.5, 0.6) is 0 Å². The van der Waals surface area contributed by atoms with E-state index in [9.17, 15) is 4.79 Å². The Bertz CT molecular complexity index is 353. The molecule has 4 heteroatoms. The first kappa shape index (κ1) is 26.2. The van der Waals surface area contributed by atoms with Crippen LogP contribution in [0, 0.1) is 0 Å². The van der Waals surface area contributed by atoms with Crippen LogP contribution < -0.4 is 11.1 Å². The van der Waals surface area contributed by atoms with E-state index < -0.39 is 5.60 Å². The standard InChI is InChI=1S/C23H48N2O2/c1-6-7-8-9-10-11-12-13-14-15-16-17-18-19-21(24)20(2)25-22(26)27-23(3,4)5/h20-21H,6-19,24H2,1-5H3,(H,25,26). The smallest absolute Gasteiger partial charge is 0.407 e. The number of alkyl carbamates (subject to hydrolysis) is 1. The monoisotopic (exact) mass is 384 g/mol. The van der Waals surface area contributed by atoms with Crippen molar-refractivity contribution < 1.29 is 9.53 Å². The van der Waals surface area contributed by atoms with Gasteiger partial charge in [-0.05, 0) is 34.1 Å². The van der Waals surface area contributed by atoms with E-state index in [2.05, 4.69) is 12.2 Å². The van der Waals surface area contributed by atoms with Crippen LogP contribution in [0.4, 0.5) is 4.79 Å². The number of hydrogen-bond acceptors (Lipinski definition) is 3. The van der Waals surface area contributed by atoms with Gasteiger partial charge in [-0.1, -0.05) is 90.4 Å². The molecule has 0 aliphatic heterocycles. The zero-order chi connectivity index (χ0) is 20.5. The summed E-state index contributed by atoms with van der Waals surface area (Å²) in [4.78, 5) is 11.8. The number of carbonyl (C=O) groups is 1. The summed E-state index contributed by atoms with van der Waals surface area (Å²) in [6.07, 6.45) is 18.2. The minimum absolute atomic E-state index is 0.00905. The maximum atomic E-state index is 11.8. The lowest BCUT2D eigenvalue weighted by molar-refractivity contribution is 0.0500. The van der Waals surface area contributed by atoms with Crippen molar-refractivity contribution in [1.82, 2.24) is 5.32 Å². The van der Waals surface area contributed by atoms with Gasteiger partial charge in [-0.3, -0.25) is 0 Å². The maximum Gasteiger partial charge on any atom is 0.407 e. The highest BCUT2D eigenvalue weighted by Crippen LogP contribution is 2.14. The van der Waals surface area contributed by atoms with Crippen LogP contribution in [0.1, 0.15) is 125 Å². The summed E-state index contributed by atoms with van der Waals surface area (Å²) in [5.74, 6) is 0. The Balaban J connectivity index is 3.47. The molecule has 4 nitrogen and oxygen atoms in total. The van der Waals surface area contributed by atoms with Gasteiger partial charge in [-0.25, -0.2) is 4.79 Å². The number of amides is 1. The lowest BCUT2D eigenvalue weighted by Gasteiger charge is -2.24. The molecule has 0 aromatic heterocycles. The number of hydrogen-bond donors (Lipinski definition) is 2. The third-order valence-corrected chi connectivity index (χ3v) is 5.03. The molecule has 3 N–H and O–H groups in total. The molecule has 2 atom stereocenters. The van der Waals surface area contributed by atoms with Gasteiger partial charge in [-0.2, -0.15) is 0 Å². The van der Waals surface area contributed by atoms with Crippen LogP contribution in [0.3, 0.4) is 0 Å². The second-order valence-corrected chi connectivity index (χ2v) is 9.13.